The van der Waals surface area contributed by atoms with Crippen LogP contribution in [0.3, 0.4) is 0 Å². The molecule has 0 radical (unpaired) electrons. The Morgan fingerprint density at radius 3 is 2.70 bits per heavy atom. The van der Waals surface area contributed by atoms with Crippen LogP contribution in [-0.4, -0.2) is 33.2 Å². The van der Waals surface area contributed by atoms with Crippen LogP contribution in [0.2, 0.25) is 0 Å². The van der Waals surface area contributed by atoms with Gasteiger partial charge in [-0.2, -0.15) is 0 Å². The average molecular weight is 319 g/mol. The van der Waals surface area contributed by atoms with Crippen molar-refractivity contribution in [2.45, 2.75) is 32.9 Å². The minimum Gasteiger partial charge on any atom is -0.394 e. The topological polar surface area (TPSA) is 104 Å². The summed E-state index contributed by atoms with van der Waals surface area (Å²) in [4.78, 5) is 39.0. The number of H-pyrrole nitrogens is 1. The van der Waals surface area contributed by atoms with Gasteiger partial charge in [0.2, 0.25) is 5.91 Å². The van der Waals surface area contributed by atoms with E-state index in [0.29, 0.717) is 10.9 Å². The molecule has 0 saturated heterocycles. The number of fused-ring (bicyclic) bond motifs is 1. The van der Waals surface area contributed by atoms with E-state index in [9.17, 15) is 19.5 Å². The molecule has 0 aliphatic rings. The zero-order valence-corrected chi connectivity index (χ0v) is 13.2. The molecule has 0 bridgehead atoms. The van der Waals surface area contributed by atoms with Crippen LogP contribution < -0.4 is 16.6 Å². The maximum atomic E-state index is 12.3. The summed E-state index contributed by atoms with van der Waals surface area (Å²) in [5, 5.41) is 12.4. The molecule has 0 unspecified atom stereocenters. The normalized spacial score (nSPS) is 13.7. The number of aliphatic hydroxyl groups excluding tert-OH is 1. The zero-order valence-electron chi connectivity index (χ0n) is 13.2. The molecule has 1 amide bonds. The lowest BCUT2D eigenvalue weighted by Crippen LogP contribution is -2.46. The van der Waals surface area contributed by atoms with Gasteiger partial charge in [-0.25, -0.2) is 4.79 Å². The zero-order chi connectivity index (χ0) is 17.0. The third-order valence-electron chi connectivity index (χ3n) is 4.07. The first kappa shape index (κ1) is 17.0. The molecule has 1 aromatic heterocycles. The van der Waals surface area contributed by atoms with Crippen LogP contribution in [0.5, 0.6) is 0 Å². The van der Waals surface area contributed by atoms with E-state index in [1.807, 2.05) is 13.8 Å². The van der Waals surface area contributed by atoms with Crippen LogP contribution in [0.4, 0.5) is 0 Å². The van der Waals surface area contributed by atoms with Gasteiger partial charge in [0, 0.05) is 0 Å². The largest absolute Gasteiger partial charge is 0.394 e. The van der Waals surface area contributed by atoms with Gasteiger partial charge in [-0.1, -0.05) is 32.4 Å². The number of para-hydroxylation sites is 1. The highest BCUT2D eigenvalue weighted by Gasteiger charge is 2.18. The molecule has 0 spiro atoms. The average Bonchev–Trinajstić information content (AvgIpc) is 2.55. The summed E-state index contributed by atoms with van der Waals surface area (Å²) in [7, 11) is 0. The maximum Gasteiger partial charge on any atom is 0.329 e. The van der Waals surface area contributed by atoms with Gasteiger partial charge < -0.3 is 15.4 Å². The van der Waals surface area contributed by atoms with Gasteiger partial charge in [-0.15, -0.1) is 0 Å². The van der Waals surface area contributed by atoms with Gasteiger partial charge in [0.15, 0.2) is 0 Å². The summed E-state index contributed by atoms with van der Waals surface area (Å²) in [5.74, 6) is -0.386. The Balaban J connectivity index is 2.26. The smallest absolute Gasteiger partial charge is 0.329 e. The fourth-order valence-corrected chi connectivity index (χ4v) is 2.39. The van der Waals surface area contributed by atoms with Crippen molar-refractivity contribution in [1.82, 2.24) is 14.9 Å². The summed E-state index contributed by atoms with van der Waals surface area (Å²) in [5.41, 5.74) is -0.705. The first-order valence-corrected chi connectivity index (χ1v) is 7.60. The highest BCUT2D eigenvalue weighted by molar-refractivity contribution is 5.79. The molecule has 3 N–H and O–H groups in total. The summed E-state index contributed by atoms with van der Waals surface area (Å²) >= 11 is 0. The number of rotatable bonds is 6. The fourth-order valence-electron chi connectivity index (χ4n) is 2.39. The standard InChI is InChI=1S/C16H21N3O4/c1-3-10(2)13(9-20)17-14(21)8-19-15(22)11-6-4-5-7-12(11)18-16(19)23/h4-7,10,13,20H,3,8-9H2,1-2H3,(H,17,21)(H,18,23)/t10-,13-/m1/s1. The summed E-state index contributed by atoms with van der Waals surface area (Å²) < 4.78 is 0.864. The number of aromatic amines is 1. The minimum atomic E-state index is -0.632. The second kappa shape index (κ2) is 7.23. The SMILES string of the molecule is CC[C@@H](C)[C@@H](CO)NC(=O)Cn1c(=O)[nH]c2ccccc2c1=O. The van der Waals surface area contributed by atoms with Crippen molar-refractivity contribution in [3.05, 3.63) is 45.1 Å². The highest BCUT2D eigenvalue weighted by Crippen LogP contribution is 2.07. The third kappa shape index (κ3) is 3.68. The lowest BCUT2D eigenvalue weighted by atomic mass is 10.00. The van der Waals surface area contributed by atoms with Crippen LogP contribution in [0.25, 0.3) is 10.9 Å². The van der Waals surface area contributed by atoms with E-state index in [2.05, 4.69) is 10.3 Å². The van der Waals surface area contributed by atoms with Crippen LogP contribution in [-0.2, 0) is 11.3 Å². The Morgan fingerprint density at radius 2 is 2.04 bits per heavy atom. The maximum absolute atomic E-state index is 12.3. The Morgan fingerprint density at radius 1 is 1.35 bits per heavy atom. The van der Waals surface area contributed by atoms with Crippen LogP contribution in [0.15, 0.2) is 33.9 Å². The number of nitrogens with zero attached hydrogens (tertiary/aromatic N) is 1. The van der Waals surface area contributed by atoms with Crippen molar-refractivity contribution >= 4 is 16.8 Å². The van der Waals surface area contributed by atoms with Crippen molar-refractivity contribution in [2.24, 2.45) is 5.92 Å². The molecule has 1 aromatic carbocycles. The van der Waals surface area contributed by atoms with Crippen molar-refractivity contribution < 1.29 is 9.90 Å². The highest BCUT2D eigenvalue weighted by atomic mass is 16.3. The molecule has 1 heterocycles. The molecule has 0 fully saturated rings. The second-order valence-electron chi connectivity index (χ2n) is 5.61. The second-order valence-corrected chi connectivity index (χ2v) is 5.61. The van der Waals surface area contributed by atoms with Gasteiger partial charge in [0.1, 0.15) is 6.54 Å². The number of carbonyl (C=O) groups excluding carboxylic acids is 1. The molecule has 124 valence electrons. The number of aliphatic hydroxyl groups is 1. The third-order valence-corrected chi connectivity index (χ3v) is 4.07. The molecule has 7 nitrogen and oxygen atoms in total. The Labute approximate surface area is 133 Å². The van der Waals surface area contributed by atoms with E-state index < -0.39 is 23.2 Å². The number of carbonyl (C=O) groups is 1. The summed E-state index contributed by atoms with van der Waals surface area (Å²) in [6.45, 7) is 3.30. The van der Waals surface area contributed by atoms with Crippen molar-refractivity contribution in [3.8, 4) is 0 Å². The number of nitrogens with one attached hydrogen (secondary N) is 2. The molecular weight excluding hydrogens is 298 g/mol. The van der Waals surface area contributed by atoms with Crippen molar-refractivity contribution in [3.63, 3.8) is 0 Å². The number of hydrogen-bond acceptors (Lipinski definition) is 4. The fraction of sp³-hybridized carbons (Fsp3) is 0.438. The summed E-state index contributed by atoms with van der Waals surface area (Å²) in [6.07, 6.45) is 0.794. The van der Waals surface area contributed by atoms with E-state index in [1.165, 1.54) is 0 Å². The Kier molecular flexibility index (Phi) is 5.33. The van der Waals surface area contributed by atoms with Crippen molar-refractivity contribution in [2.75, 3.05) is 6.61 Å². The molecule has 0 saturated carbocycles. The summed E-state index contributed by atoms with van der Waals surface area (Å²) in [6, 6.07) is 6.23. The van der Waals surface area contributed by atoms with E-state index in [4.69, 9.17) is 0 Å². The van der Waals surface area contributed by atoms with Gasteiger partial charge >= 0.3 is 5.69 Å². The van der Waals surface area contributed by atoms with E-state index >= 15 is 0 Å². The molecule has 2 rings (SSSR count). The van der Waals surface area contributed by atoms with Gasteiger partial charge in [-0.05, 0) is 18.1 Å². The van der Waals surface area contributed by atoms with Crippen LogP contribution >= 0.6 is 0 Å². The van der Waals surface area contributed by atoms with E-state index in [1.54, 1.807) is 24.3 Å². The lowest BCUT2D eigenvalue weighted by molar-refractivity contribution is -0.123. The minimum absolute atomic E-state index is 0.0931. The van der Waals surface area contributed by atoms with Gasteiger partial charge in [0.05, 0.1) is 23.6 Å². The lowest BCUT2D eigenvalue weighted by Gasteiger charge is -2.22. The molecule has 2 atom stereocenters. The van der Waals surface area contributed by atoms with Gasteiger partial charge in [-0.3, -0.25) is 14.2 Å². The number of aromatic nitrogens is 2. The van der Waals surface area contributed by atoms with E-state index in [-0.39, 0.29) is 19.1 Å². The molecule has 23 heavy (non-hydrogen) atoms. The Hall–Kier alpha value is -2.41. The molecule has 0 aliphatic carbocycles. The predicted molar refractivity (Wildman–Crippen MR) is 87.3 cm³/mol. The number of amides is 1. The van der Waals surface area contributed by atoms with E-state index in [0.717, 1.165) is 11.0 Å². The first-order valence-electron chi connectivity index (χ1n) is 7.60. The quantitative estimate of drug-likeness (QED) is 0.708. The molecule has 2 aromatic rings. The molecule has 0 aliphatic heterocycles. The number of benzene rings is 1. The monoisotopic (exact) mass is 319 g/mol. The molecule has 7 heteroatoms. The van der Waals surface area contributed by atoms with Crippen molar-refractivity contribution in [1.29, 1.82) is 0 Å². The molecular formula is C16H21N3O4. The first-order chi connectivity index (χ1) is 11.0. The van der Waals surface area contributed by atoms with Crippen LogP contribution in [0, 0.1) is 5.92 Å². The van der Waals surface area contributed by atoms with Crippen LogP contribution in [0.1, 0.15) is 20.3 Å². The Bertz CT molecular complexity index is 809. The van der Waals surface area contributed by atoms with Gasteiger partial charge in [0.25, 0.3) is 5.56 Å². The predicted octanol–water partition coefficient (Wildman–Crippen LogP) is 0.213. The number of hydrogen-bond donors (Lipinski definition) is 3.